The van der Waals surface area contributed by atoms with Crippen LogP contribution in [0.2, 0.25) is 0 Å². The molecule has 0 saturated carbocycles. The van der Waals surface area contributed by atoms with Crippen molar-refractivity contribution in [3.63, 3.8) is 0 Å². The standard InChI is InChI=1S/C25H38FN3O2S2.O.Tc/c1-2-23(30)25-21(18-4-6-19(26)7-5-18)16-20-8-9-22(25)29(20)12-3-11-28(13-15-33)17-24(31)27-10-14-32;;/h4-7,20-22,25H,2-3,8-17H2,1H3,(H3,27,31,32,33);;/q;;+4/p-3/t20?,21-,22+,25-;;/m0../s1/i;;1+1. The number of halogens is 1. The summed E-state index contributed by atoms with van der Waals surface area (Å²) >= 11 is 10.9. The summed E-state index contributed by atoms with van der Waals surface area (Å²) in [5.41, 5.74) is 1.08. The number of hydrogen-bond acceptors (Lipinski definition) is 7. The van der Waals surface area contributed by atoms with Crippen molar-refractivity contribution in [1.29, 1.82) is 0 Å². The van der Waals surface area contributed by atoms with Crippen LogP contribution in [-0.2, 0) is 57.2 Å². The first-order valence-corrected chi connectivity index (χ1v) is 14.2. The molecular weight excluding hydrogens is 572 g/mol. The van der Waals surface area contributed by atoms with Crippen LogP contribution < -0.4 is 0 Å². The molecule has 35 heavy (non-hydrogen) atoms. The number of rotatable bonds is 13. The molecule has 2 aliphatic rings. The monoisotopic (exact) mass is 607 g/mol. The van der Waals surface area contributed by atoms with Gasteiger partial charge < -0.3 is 35.4 Å². The van der Waals surface area contributed by atoms with Gasteiger partial charge in [-0.1, -0.05) is 19.1 Å². The first-order chi connectivity index (χ1) is 17.0. The van der Waals surface area contributed by atoms with Gasteiger partial charge in [0.15, 0.2) is 0 Å². The van der Waals surface area contributed by atoms with Gasteiger partial charge in [-0.25, -0.2) is 4.39 Å². The van der Waals surface area contributed by atoms with Crippen molar-refractivity contribution in [2.75, 3.05) is 44.2 Å². The normalized spacial score (nSPS) is 23.6. The number of fused-ring (bicyclic) bond motifs is 2. The van der Waals surface area contributed by atoms with E-state index < -0.39 is 0 Å². The Morgan fingerprint density at radius 2 is 1.86 bits per heavy atom. The molecule has 3 rings (SSSR count). The molecule has 1 amide bonds. The number of ketones is 1. The molecule has 6 nitrogen and oxygen atoms in total. The van der Waals surface area contributed by atoms with Gasteiger partial charge >= 0.3 is 22.4 Å². The summed E-state index contributed by atoms with van der Waals surface area (Å²) in [5.74, 6) is 1.10. The number of benzene rings is 1. The second-order valence-electron chi connectivity index (χ2n) is 9.09. The molecule has 2 fully saturated rings. The molecule has 10 heteroatoms. The van der Waals surface area contributed by atoms with E-state index in [1.165, 1.54) is 12.1 Å². The maximum absolute atomic E-state index is 13.5. The predicted octanol–water partition coefficient (Wildman–Crippen LogP) is 3.31. The van der Waals surface area contributed by atoms with Crippen LogP contribution in [0.1, 0.15) is 50.5 Å². The first-order valence-electron chi connectivity index (χ1n) is 12.3. The maximum atomic E-state index is 13.5. The van der Waals surface area contributed by atoms with E-state index in [0.29, 0.717) is 49.4 Å². The van der Waals surface area contributed by atoms with E-state index in [4.69, 9.17) is 28.8 Å². The van der Waals surface area contributed by atoms with Crippen LogP contribution >= 0.6 is 0 Å². The van der Waals surface area contributed by atoms with Crippen LogP contribution in [0.4, 0.5) is 4.39 Å². The van der Waals surface area contributed by atoms with Gasteiger partial charge in [-0.3, -0.25) is 14.6 Å². The van der Waals surface area contributed by atoms with Crippen molar-refractivity contribution >= 4 is 36.9 Å². The van der Waals surface area contributed by atoms with Gasteiger partial charge in [0, 0.05) is 31.0 Å². The summed E-state index contributed by atoms with van der Waals surface area (Å²) in [6.07, 6.45) is 4.52. The molecule has 2 aliphatic heterocycles. The number of nitrogens with zero attached hydrogens (tertiary/aromatic N) is 3. The quantitative estimate of drug-likeness (QED) is 0.319. The van der Waals surface area contributed by atoms with Crippen LogP contribution in [-0.4, -0.2) is 77.8 Å². The van der Waals surface area contributed by atoms with Crippen LogP contribution in [0.3, 0.4) is 0 Å². The number of carbonyl (C=O) groups excluding carboxylic acids is 2. The van der Waals surface area contributed by atoms with Crippen LogP contribution in [0.5, 0.6) is 0 Å². The number of hydrogen-bond donors (Lipinski definition) is 0. The predicted molar refractivity (Wildman–Crippen MR) is 136 cm³/mol. The van der Waals surface area contributed by atoms with Crippen LogP contribution in [0.15, 0.2) is 24.3 Å². The molecule has 2 bridgehead atoms. The molecular formula is C25H35FN3O3S2Tc+. The Hall–Kier alpha value is -0.641. The molecule has 2 saturated heterocycles. The number of Topliss-reactive ketones (excluding diaryl/α,β-unsaturated/α-hetero) is 1. The molecule has 0 aromatic heterocycles. The van der Waals surface area contributed by atoms with Gasteiger partial charge in [0.2, 0.25) is 0 Å². The molecule has 0 radical (unpaired) electrons. The van der Waals surface area contributed by atoms with E-state index in [1.54, 1.807) is 0 Å². The van der Waals surface area contributed by atoms with E-state index in [-0.39, 0.29) is 29.6 Å². The Bertz CT molecular complexity index is 805. The molecule has 0 spiro atoms. The molecule has 1 aromatic carbocycles. The van der Waals surface area contributed by atoms with E-state index >= 15 is 0 Å². The van der Waals surface area contributed by atoms with Gasteiger partial charge in [-0.2, -0.15) is 18.1 Å². The number of piperidine rings is 1. The number of amides is 1. The average Bonchev–Trinajstić information content (AvgIpc) is 3.14. The second-order valence-corrected chi connectivity index (χ2v) is 9.91. The van der Waals surface area contributed by atoms with Crippen molar-refractivity contribution in [3.8, 4) is 0 Å². The molecule has 2 heterocycles. The molecule has 0 aliphatic carbocycles. The fraction of sp³-hybridized carbons (Fsp3) is 0.680. The SMILES string of the molecule is CCC(=O)[C@@H]1[C@H]2CCC(C[C@H]1c1ccc(F)cc1)N2CCCN(CC[S-])CC(=O)[N-]CC[S-].[O]=[99Tc+4]. The van der Waals surface area contributed by atoms with Crippen molar-refractivity contribution < 1.29 is 36.3 Å². The molecule has 1 unspecified atom stereocenters. The molecule has 4 atom stereocenters. The van der Waals surface area contributed by atoms with Gasteiger partial charge in [0.25, 0.3) is 0 Å². The summed E-state index contributed by atoms with van der Waals surface area (Å²) in [5, 5.41) is 3.99. The third-order valence-corrected chi connectivity index (χ3v) is 7.48. The average molecular weight is 608 g/mol. The first kappa shape index (κ1) is 30.6. The van der Waals surface area contributed by atoms with Gasteiger partial charge in [-0.05, 0) is 68.9 Å². The number of carbonyl (C=O) groups is 2. The molecule has 1 aromatic rings. The fourth-order valence-electron chi connectivity index (χ4n) is 5.68. The summed E-state index contributed by atoms with van der Waals surface area (Å²) in [4.78, 5) is 29.7. The fourth-order valence-corrected chi connectivity index (χ4v) is 6.03. The Morgan fingerprint density at radius 3 is 2.49 bits per heavy atom. The van der Waals surface area contributed by atoms with Gasteiger partial charge in [-0.15, -0.1) is 0 Å². The van der Waals surface area contributed by atoms with E-state index in [9.17, 15) is 14.0 Å². The van der Waals surface area contributed by atoms with E-state index in [2.05, 4.69) is 15.1 Å². The summed E-state index contributed by atoms with van der Waals surface area (Å²) < 4.78 is 21.7. The topological polar surface area (TPSA) is 71.8 Å². The molecule has 0 N–H and O–H groups in total. The van der Waals surface area contributed by atoms with Crippen molar-refractivity contribution in [1.82, 2.24) is 9.80 Å². The third kappa shape index (κ3) is 8.71. The Morgan fingerprint density at radius 1 is 1.14 bits per heavy atom. The third-order valence-electron chi connectivity index (χ3n) is 7.12. The van der Waals surface area contributed by atoms with Crippen LogP contribution in [0.25, 0.3) is 5.32 Å². The van der Waals surface area contributed by atoms with Crippen molar-refractivity contribution in [2.24, 2.45) is 5.92 Å². The van der Waals surface area contributed by atoms with E-state index in [0.717, 1.165) is 63.2 Å². The van der Waals surface area contributed by atoms with E-state index in [1.807, 2.05) is 19.1 Å². The van der Waals surface area contributed by atoms with Gasteiger partial charge in [0.05, 0.1) is 5.91 Å². The van der Waals surface area contributed by atoms with Crippen molar-refractivity contribution in [2.45, 2.75) is 57.0 Å². The molecule has 193 valence electrons. The Balaban J connectivity index is 0.00000210. The Kier molecular flexibility index (Phi) is 14.2. The Labute approximate surface area is 230 Å². The summed E-state index contributed by atoms with van der Waals surface area (Å²) in [6, 6.07) is 7.40. The van der Waals surface area contributed by atoms with Gasteiger partial charge in [0.1, 0.15) is 11.6 Å². The zero-order valence-corrected chi connectivity index (χ0v) is 23.7. The summed E-state index contributed by atoms with van der Waals surface area (Å²) in [6.45, 7) is 5.02. The van der Waals surface area contributed by atoms with Crippen molar-refractivity contribution in [3.05, 3.63) is 41.0 Å². The van der Waals surface area contributed by atoms with Crippen LogP contribution in [0, 0.1) is 11.7 Å². The zero-order chi connectivity index (χ0) is 25.8. The minimum absolute atomic E-state index is 0.0401. The minimum atomic E-state index is -0.239. The zero-order valence-electron chi connectivity index (χ0n) is 20.2. The second kappa shape index (κ2) is 16.3. The summed E-state index contributed by atoms with van der Waals surface area (Å²) in [7, 11) is 0.